The molecule has 1 fully saturated rings. The van der Waals surface area contributed by atoms with Crippen LogP contribution in [0.25, 0.3) is 10.9 Å². The highest BCUT2D eigenvalue weighted by molar-refractivity contribution is 7.91. The summed E-state index contributed by atoms with van der Waals surface area (Å²) in [5.41, 5.74) is 4.60. The highest BCUT2D eigenvalue weighted by Gasteiger charge is 2.34. The molecule has 0 bridgehead atoms. The Morgan fingerprint density at radius 3 is 2.67 bits per heavy atom. The Kier molecular flexibility index (Phi) is 5.89. The number of anilines is 1. The van der Waals surface area contributed by atoms with Gasteiger partial charge in [-0.3, -0.25) is 4.79 Å². The number of hydrogen-bond donors (Lipinski definition) is 4. The van der Waals surface area contributed by atoms with Gasteiger partial charge in [0, 0.05) is 24.0 Å². The third-order valence-corrected chi connectivity index (χ3v) is 9.51. The van der Waals surface area contributed by atoms with E-state index in [9.17, 15) is 26.7 Å². The molecule has 4 N–H and O–H groups in total. The van der Waals surface area contributed by atoms with Crippen LogP contribution in [0.4, 0.5) is 5.00 Å². The molecule has 192 valence electrons. The van der Waals surface area contributed by atoms with Crippen LogP contribution in [0.2, 0.25) is 0 Å². The van der Waals surface area contributed by atoms with Gasteiger partial charge in [0.25, 0.3) is 15.6 Å². The van der Waals surface area contributed by atoms with Crippen molar-refractivity contribution in [3.05, 3.63) is 50.1 Å². The molecule has 5 rings (SSSR count). The van der Waals surface area contributed by atoms with E-state index < -0.39 is 25.6 Å². The van der Waals surface area contributed by atoms with Crippen molar-refractivity contribution in [1.82, 2.24) is 9.40 Å². The van der Waals surface area contributed by atoms with Crippen molar-refractivity contribution in [3.63, 3.8) is 0 Å². The third-order valence-electron chi connectivity index (χ3n) is 6.36. The van der Waals surface area contributed by atoms with E-state index in [2.05, 4.69) is 19.9 Å². The van der Waals surface area contributed by atoms with Gasteiger partial charge in [0.1, 0.15) is 21.2 Å². The van der Waals surface area contributed by atoms with Crippen molar-refractivity contribution in [2.45, 2.75) is 38.1 Å². The molecule has 3 heterocycles. The molecule has 3 aromatic rings. The standard InChI is InChI=1S/C22H25N5O6S3/c1-11-4-7-15-16(12(11)2)18(28)17(22(29)27(15)23-8-13-5-6-13)20-25-21-19(36(32,33)26-20)14(10-34-21)9-24-35(3,30)31/h4,7,10,13,23-24,28H,5-6,8-9H2,1-3H3,(H,25,26). The number of nitrogens with zero attached hydrogens (tertiary/aromatic N) is 2. The number of pyridine rings is 1. The molecule has 1 saturated carbocycles. The molecule has 2 aromatic heterocycles. The van der Waals surface area contributed by atoms with Gasteiger partial charge in [0.05, 0.1) is 11.8 Å². The number of nitrogens with one attached hydrogen (secondary N) is 3. The van der Waals surface area contributed by atoms with Gasteiger partial charge >= 0.3 is 0 Å². The predicted octanol–water partition coefficient (Wildman–Crippen LogP) is 1.95. The molecular formula is C22H25N5O6S3. The second-order valence-corrected chi connectivity index (χ2v) is 13.4. The summed E-state index contributed by atoms with van der Waals surface area (Å²) in [5.74, 6) is -0.200. The first kappa shape index (κ1) is 24.7. The van der Waals surface area contributed by atoms with E-state index in [0.717, 1.165) is 41.6 Å². The lowest BCUT2D eigenvalue weighted by molar-refractivity contribution is 0.478. The molecular weight excluding hydrogens is 526 g/mol. The van der Waals surface area contributed by atoms with Crippen LogP contribution in [-0.2, 0) is 26.6 Å². The summed E-state index contributed by atoms with van der Waals surface area (Å²) in [6.07, 6.45) is 3.10. The summed E-state index contributed by atoms with van der Waals surface area (Å²) < 4.78 is 56.8. The third kappa shape index (κ3) is 4.38. The fourth-order valence-electron chi connectivity index (χ4n) is 4.13. The van der Waals surface area contributed by atoms with Crippen LogP contribution in [0.1, 0.15) is 35.1 Å². The highest BCUT2D eigenvalue weighted by atomic mass is 32.2. The Labute approximate surface area is 212 Å². The Morgan fingerprint density at radius 1 is 1.28 bits per heavy atom. The lowest BCUT2D eigenvalue weighted by atomic mass is 10.0. The average molecular weight is 552 g/mol. The van der Waals surface area contributed by atoms with Gasteiger partial charge in [-0.25, -0.2) is 17.8 Å². The smallest absolute Gasteiger partial charge is 0.287 e. The molecule has 0 saturated heterocycles. The minimum Gasteiger partial charge on any atom is -0.506 e. The largest absolute Gasteiger partial charge is 0.506 e. The van der Waals surface area contributed by atoms with Crippen LogP contribution < -0.4 is 21.0 Å². The first-order chi connectivity index (χ1) is 16.9. The topological polar surface area (TPSA) is 159 Å². The maximum Gasteiger partial charge on any atom is 0.287 e. The van der Waals surface area contributed by atoms with Gasteiger partial charge < -0.3 is 15.8 Å². The van der Waals surface area contributed by atoms with E-state index in [1.807, 2.05) is 19.9 Å². The number of fused-ring (bicyclic) bond motifs is 2. The molecule has 36 heavy (non-hydrogen) atoms. The molecule has 14 heteroatoms. The molecule has 11 nitrogen and oxygen atoms in total. The Bertz CT molecular complexity index is 1720. The molecule has 1 aromatic carbocycles. The van der Waals surface area contributed by atoms with Gasteiger partial charge in [0.2, 0.25) is 10.0 Å². The van der Waals surface area contributed by atoms with Gasteiger partial charge in [-0.15, -0.1) is 15.7 Å². The number of amidine groups is 1. The maximum atomic E-state index is 13.6. The van der Waals surface area contributed by atoms with E-state index in [1.54, 1.807) is 6.07 Å². The number of benzene rings is 1. The number of aromatic nitrogens is 1. The molecule has 1 aliphatic carbocycles. The van der Waals surface area contributed by atoms with Crippen LogP contribution >= 0.6 is 11.3 Å². The summed E-state index contributed by atoms with van der Waals surface area (Å²) in [6.45, 7) is 4.04. The molecule has 1 aliphatic heterocycles. The van der Waals surface area contributed by atoms with Crippen LogP contribution in [0.3, 0.4) is 0 Å². The molecule has 0 radical (unpaired) electrons. The summed E-state index contributed by atoms with van der Waals surface area (Å²) in [6, 6.07) is 3.60. The lowest BCUT2D eigenvalue weighted by Gasteiger charge is -2.21. The fraction of sp³-hybridized carbons (Fsp3) is 0.364. The quantitative estimate of drug-likeness (QED) is 0.347. The summed E-state index contributed by atoms with van der Waals surface area (Å²) in [5, 5.41) is 16.3. The number of thiophene rings is 1. The van der Waals surface area contributed by atoms with Crippen molar-refractivity contribution in [2.75, 3.05) is 23.5 Å². The number of hydrogen-bond acceptors (Lipinski definition) is 9. The van der Waals surface area contributed by atoms with Crippen molar-refractivity contribution in [3.8, 4) is 5.75 Å². The Morgan fingerprint density at radius 2 is 2.00 bits per heavy atom. The average Bonchev–Trinajstić information content (AvgIpc) is 3.51. The molecule has 0 unspecified atom stereocenters. The monoisotopic (exact) mass is 551 g/mol. The van der Waals surface area contributed by atoms with Crippen LogP contribution in [0.5, 0.6) is 5.75 Å². The van der Waals surface area contributed by atoms with Crippen molar-refractivity contribution >= 4 is 53.1 Å². The van der Waals surface area contributed by atoms with E-state index in [1.165, 1.54) is 10.1 Å². The lowest BCUT2D eigenvalue weighted by Crippen LogP contribution is -2.37. The number of sulfonamides is 2. The Hall–Kier alpha value is -2.94. The van der Waals surface area contributed by atoms with E-state index in [4.69, 9.17) is 0 Å². The van der Waals surface area contributed by atoms with Crippen LogP contribution in [0, 0.1) is 19.8 Å². The number of aryl methyl sites for hydroxylation is 2. The van der Waals surface area contributed by atoms with Gasteiger partial charge in [-0.1, -0.05) is 6.07 Å². The van der Waals surface area contributed by atoms with Gasteiger partial charge in [-0.05, 0) is 55.2 Å². The van der Waals surface area contributed by atoms with E-state index in [-0.39, 0.29) is 39.2 Å². The zero-order valence-electron chi connectivity index (χ0n) is 19.7. The molecule has 0 amide bonds. The minimum absolute atomic E-state index is 0.160. The van der Waals surface area contributed by atoms with Crippen molar-refractivity contribution in [1.29, 1.82) is 0 Å². The number of rotatable bonds is 7. The zero-order chi connectivity index (χ0) is 26.0. The van der Waals surface area contributed by atoms with E-state index >= 15 is 0 Å². The molecule has 0 atom stereocenters. The van der Waals surface area contributed by atoms with Crippen LogP contribution in [-0.4, -0.2) is 45.3 Å². The Balaban J connectivity index is 1.67. The van der Waals surface area contributed by atoms with Crippen molar-refractivity contribution < 1.29 is 21.9 Å². The first-order valence-electron chi connectivity index (χ1n) is 11.2. The second-order valence-electron chi connectivity index (χ2n) is 9.12. The summed E-state index contributed by atoms with van der Waals surface area (Å²) >= 11 is 1.04. The predicted molar refractivity (Wildman–Crippen MR) is 140 cm³/mol. The van der Waals surface area contributed by atoms with Crippen LogP contribution in [0.15, 0.2) is 31.6 Å². The number of aromatic hydroxyl groups is 1. The van der Waals surface area contributed by atoms with E-state index in [0.29, 0.717) is 23.4 Å². The maximum absolute atomic E-state index is 13.6. The molecule has 0 spiro atoms. The van der Waals surface area contributed by atoms with Gasteiger partial charge in [-0.2, -0.15) is 8.42 Å². The normalized spacial score (nSPS) is 16.9. The molecule has 2 aliphatic rings. The second kappa shape index (κ2) is 8.57. The first-order valence-corrected chi connectivity index (χ1v) is 15.4. The van der Waals surface area contributed by atoms with Gasteiger partial charge in [0.15, 0.2) is 5.84 Å². The minimum atomic E-state index is -4.31. The SMILES string of the molecule is Cc1ccc2c(c1C)c(O)c(C1=NS(=O)(=O)c3c(CNS(C)(=O)=O)csc3N1)c(=O)n2NCC1CC1. The summed E-state index contributed by atoms with van der Waals surface area (Å²) in [7, 11) is -7.86. The summed E-state index contributed by atoms with van der Waals surface area (Å²) in [4.78, 5) is 13.5. The van der Waals surface area contributed by atoms with Crippen molar-refractivity contribution in [2.24, 2.45) is 10.3 Å². The highest BCUT2D eigenvalue weighted by Crippen LogP contribution is 2.39. The fourth-order valence-corrected chi connectivity index (χ4v) is 7.16. The zero-order valence-corrected chi connectivity index (χ0v) is 22.2.